The van der Waals surface area contributed by atoms with Crippen molar-refractivity contribution in [3.63, 3.8) is 0 Å². The van der Waals surface area contributed by atoms with Crippen LogP contribution in [0.3, 0.4) is 0 Å². The summed E-state index contributed by atoms with van der Waals surface area (Å²) in [6.45, 7) is 0.369. The molecule has 0 atom stereocenters. The maximum atomic E-state index is 13.1. The molecule has 0 saturated carbocycles. The third kappa shape index (κ3) is 2.63. The highest BCUT2D eigenvalue weighted by Crippen LogP contribution is 2.11. The summed E-state index contributed by atoms with van der Waals surface area (Å²) < 4.78 is 15.6. The molecule has 2 N–H and O–H groups in total. The summed E-state index contributed by atoms with van der Waals surface area (Å²) in [6, 6.07) is 4.21. The van der Waals surface area contributed by atoms with Crippen molar-refractivity contribution in [1.29, 1.82) is 0 Å². The lowest BCUT2D eigenvalue weighted by molar-refractivity contribution is 0.621. The lowest BCUT2D eigenvalue weighted by atomic mass is 10.1. The van der Waals surface area contributed by atoms with Gasteiger partial charge in [0.05, 0.1) is 6.54 Å². The normalized spacial score (nSPS) is 10.7. The second kappa shape index (κ2) is 5.19. The molecule has 19 heavy (non-hydrogen) atoms. The Kier molecular flexibility index (Phi) is 3.62. The van der Waals surface area contributed by atoms with Gasteiger partial charge in [0, 0.05) is 26.0 Å². The van der Waals surface area contributed by atoms with Crippen LogP contribution in [0.1, 0.15) is 11.1 Å². The Morgan fingerprint density at radius 1 is 1.16 bits per heavy atom. The number of aromatic nitrogens is 2. The van der Waals surface area contributed by atoms with Crippen molar-refractivity contribution >= 4 is 0 Å². The van der Waals surface area contributed by atoms with Crippen LogP contribution in [0, 0.1) is 5.82 Å². The Hall–Kier alpha value is -2.21. The first-order valence-electron chi connectivity index (χ1n) is 5.76. The summed E-state index contributed by atoms with van der Waals surface area (Å²) in [7, 11) is 1.51. The number of rotatable bonds is 3. The predicted molar refractivity (Wildman–Crippen MR) is 69.3 cm³/mol. The molecule has 1 aromatic carbocycles. The van der Waals surface area contributed by atoms with Crippen LogP contribution in [0.4, 0.5) is 4.39 Å². The third-order valence-electron chi connectivity index (χ3n) is 2.96. The molecule has 0 aliphatic carbocycles. The zero-order chi connectivity index (χ0) is 14.0. The van der Waals surface area contributed by atoms with Crippen molar-refractivity contribution in [2.45, 2.75) is 13.1 Å². The second-order valence-corrected chi connectivity index (χ2v) is 4.26. The molecule has 0 saturated heterocycles. The maximum absolute atomic E-state index is 13.1. The summed E-state index contributed by atoms with van der Waals surface area (Å²) >= 11 is 0. The van der Waals surface area contributed by atoms with Crippen LogP contribution >= 0.6 is 0 Å². The number of aryl methyl sites for hydroxylation is 1. The van der Waals surface area contributed by atoms with Gasteiger partial charge in [-0.25, -0.2) is 4.39 Å². The average molecular weight is 263 g/mol. The Balaban J connectivity index is 2.45. The van der Waals surface area contributed by atoms with E-state index in [2.05, 4.69) is 0 Å². The number of benzene rings is 1. The number of nitrogens with two attached hydrogens (primary N) is 1. The molecule has 0 amide bonds. The summed E-state index contributed by atoms with van der Waals surface area (Å²) in [4.78, 5) is 23.3. The molecule has 0 aliphatic heterocycles. The summed E-state index contributed by atoms with van der Waals surface area (Å²) in [5.74, 6) is -0.375. The fourth-order valence-electron chi connectivity index (χ4n) is 1.84. The average Bonchev–Trinajstić information content (AvgIpc) is 2.41. The first-order chi connectivity index (χ1) is 9.02. The molecule has 2 rings (SSSR count). The first-order valence-corrected chi connectivity index (χ1v) is 5.76. The minimum atomic E-state index is -0.614. The van der Waals surface area contributed by atoms with E-state index in [1.807, 2.05) is 0 Å². The standard InChI is InChI=1S/C13H14FN3O2/c1-16-4-5-17(13(19)12(16)18)8-9-2-3-11(14)6-10(9)7-15/h2-6H,7-8,15H2,1H3. The van der Waals surface area contributed by atoms with Gasteiger partial charge in [0.25, 0.3) is 0 Å². The molecular formula is C13H14FN3O2. The van der Waals surface area contributed by atoms with Gasteiger partial charge in [0.2, 0.25) is 0 Å². The molecular weight excluding hydrogens is 249 g/mol. The van der Waals surface area contributed by atoms with Crippen molar-refractivity contribution in [2.24, 2.45) is 12.8 Å². The molecule has 0 spiro atoms. The fourth-order valence-corrected chi connectivity index (χ4v) is 1.84. The van der Waals surface area contributed by atoms with Gasteiger partial charge in [0.15, 0.2) is 0 Å². The molecule has 2 aromatic rings. The topological polar surface area (TPSA) is 70.0 Å². The third-order valence-corrected chi connectivity index (χ3v) is 2.96. The zero-order valence-electron chi connectivity index (χ0n) is 10.5. The smallest absolute Gasteiger partial charge is 0.316 e. The second-order valence-electron chi connectivity index (χ2n) is 4.26. The van der Waals surface area contributed by atoms with E-state index in [1.165, 1.54) is 40.7 Å². The van der Waals surface area contributed by atoms with Crippen LogP contribution in [0.15, 0.2) is 40.2 Å². The van der Waals surface area contributed by atoms with Crippen molar-refractivity contribution in [3.8, 4) is 0 Å². The Bertz CT molecular complexity index is 719. The predicted octanol–water partition coefficient (Wildman–Crippen LogP) is 0.193. The Morgan fingerprint density at radius 3 is 2.58 bits per heavy atom. The van der Waals surface area contributed by atoms with E-state index in [1.54, 1.807) is 6.07 Å². The molecule has 5 nitrogen and oxygen atoms in total. The van der Waals surface area contributed by atoms with Crippen LogP contribution in [0.25, 0.3) is 0 Å². The van der Waals surface area contributed by atoms with Crippen molar-refractivity contribution < 1.29 is 4.39 Å². The highest BCUT2D eigenvalue weighted by atomic mass is 19.1. The van der Waals surface area contributed by atoms with Gasteiger partial charge < -0.3 is 14.9 Å². The van der Waals surface area contributed by atoms with Crippen LogP contribution in [-0.4, -0.2) is 9.13 Å². The molecule has 100 valence electrons. The van der Waals surface area contributed by atoms with Gasteiger partial charge in [-0.05, 0) is 23.3 Å². The van der Waals surface area contributed by atoms with Crippen molar-refractivity contribution in [1.82, 2.24) is 9.13 Å². The van der Waals surface area contributed by atoms with Crippen LogP contribution < -0.4 is 16.9 Å². The molecule has 0 radical (unpaired) electrons. The molecule has 0 fully saturated rings. The van der Waals surface area contributed by atoms with E-state index >= 15 is 0 Å². The minimum absolute atomic E-state index is 0.173. The summed E-state index contributed by atoms with van der Waals surface area (Å²) in [5.41, 5.74) is 5.67. The lowest BCUT2D eigenvalue weighted by Crippen LogP contribution is -2.39. The van der Waals surface area contributed by atoms with E-state index in [0.717, 1.165) is 5.56 Å². The van der Waals surface area contributed by atoms with E-state index in [4.69, 9.17) is 5.73 Å². The van der Waals surface area contributed by atoms with Crippen molar-refractivity contribution in [2.75, 3.05) is 0 Å². The lowest BCUT2D eigenvalue weighted by Gasteiger charge is -2.10. The summed E-state index contributed by atoms with van der Waals surface area (Å²) in [5, 5.41) is 0. The van der Waals surface area contributed by atoms with E-state index < -0.39 is 11.1 Å². The van der Waals surface area contributed by atoms with Gasteiger partial charge in [-0.2, -0.15) is 0 Å². The summed E-state index contributed by atoms with van der Waals surface area (Å²) in [6.07, 6.45) is 3.03. The van der Waals surface area contributed by atoms with Crippen LogP contribution in [0.2, 0.25) is 0 Å². The maximum Gasteiger partial charge on any atom is 0.316 e. The van der Waals surface area contributed by atoms with Crippen molar-refractivity contribution in [3.05, 3.63) is 68.2 Å². The molecule has 6 heteroatoms. The van der Waals surface area contributed by atoms with Gasteiger partial charge in [-0.3, -0.25) is 9.59 Å². The molecule has 1 aromatic heterocycles. The van der Waals surface area contributed by atoms with E-state index in [0.29, 0.717) is 5.56 Å². The molecule has 0 unspecified atom stereocenters. The largest absolute Gasteiger partial charge is 0.326 e. The fraction of sp³-hybridized carbons (Fsp3) is 0.231. The SMILES string of the molecule is Cn1ccn(Cc2ccc(F)cc2CN)c(=O)c1=O. The number of halogens is 1. The number of nitrogens with zero attached hydrogens (tertiary/aromatic N) is 2. The Labute approximate surface area is 108 Å². The highest BCUT2D eigenvalue weighted by molar-refractivity contribution is 5.28. The van der Waals surface area contributed by atoms with Gasteiger partial charge >= 0.3 is 11.1 Å². The number of hydrogen-bond donors (Lipinski definition) is 1. The van der Waals surface area contributed by atoms with E-state index in [9.17, 15) is 14.0 Å². The monoisotopic (exact) mass is 263 g/mol. The minimum Gasteiger partial charge on any atom is -0.326 e. The zero-order valence-corrected chi connectivity index (χ0v) is 10.5. The molecule has 0 bridgehead atoms. The van der Waals surface area contributed by atoms with Gasteiger partial charge in [0.1, 0.15) is 5.82 Å². The highest BCUT2D eigenvalue weighted by Gasteiger charge is 2.07. The van der Waals surface area contributed by atoms with Gasteiger partial charge in [-0.15, -0.1) is 0 Å². The van der Waals surface area contributed by atoms with Gasteiger partial charge in [-0.1, -0.05) is 6.07 Å². The van der Waals surface area contributed by atoms with E-state index in [-0.39, 0.29) is 18.9 Å². The van der Waals surface area contributed by atoms with Crippen LogP contribution in [0.5, 0.6) is 0 Å². The van der Waals surface area contributed by atoms with Crippen LogP contribution in [-0.2, 0) is 20.1 Å². The molecule has 0 aliphatic rings. The quantitative estimate of drug-likeness (QED) is 0.804. The molecule has 1 heterocycles. The first kappa shape index (κ1) is 13.2. The number of hydrogen-bond acceptors (Lipinski definition) is 3. The Morgan fingerprint density at radius 2 is 1.89 bits per heavy atom.